The molecule has 23 heavy (non-hydrogen) atoms. The fraction of sp³-hybridized carbons (Fsp3) is 0.857. The van der Waals surface area contributed by atoms with Crippen molar-refractivity contribution in [2.45, 2.75) is 78.2 Å². The molecule has 0 saturated heterocycles. The fourth-order valence-corrected chi connectivity index (χ4v) is 6.82. The molecule has 7 atom stereocenters. The minimum Gasteiger partial charge on any atom is -0.393 e. The van der Waals surface area contributed by atoms with Gasteiger partial charge in [-0.25, -0.2) is 0 Å². The summed E-state index contributed by atoms with van der Waals surface area (Å²) in [4.78, 5) is 12.3. The van der Waals surface area contributed by atoms with E-state index in [0.717, 1.165) is 38.5 Å². The molecule has 0 aliphatic heterocycles. The van der Waals surface area contributed by atoms with Gasteiger partial charge in [-0.2, -0.15) is 0 Å². The molecule has 2 heteroatoms. The lowest BCUT2D eigenvalue weighted by Crippen LogP contribution is -2.50. The minimum atomic E-state index is -1.37. The molecule has 0 bridgehead atoms. The van der Waals surface area contributed by atoms with E-state index in [1.165, 1.54) is 5.57 Å². The van der Waals surface area contributed by atoms with Crippen LogP contribution in [-0.2, 0) is 4.79 Å². The quantitative estimate of drug-likeness (QED) is 0.722. The van der Waals surface area contributed by atoms with Crippen molar-refractivity contribution in [3.63, 3.8) is 0 Å². The first kappa shape index (κ1) is 13.6. The maximum atomic E-state index is 12.3. The molecule has 0 radical (unpaired) electrons. The highest BCUT2D eigenvalue weighted by Crippen LogP contribution is 2.66. The predicted octanol–water partition coefficient (Wildman–Crippen LogP) is 4.52. The van der Waals surface area contributed by atoms with Crippen molar-refractivity contribution in [1.29, 1.82) is 0 Å². The second kappa shape index (κ2) is 5.18. The summed E-state index contributed by atoms with van der Waals surface area (Å²) in [6.45, 7) is 6.16. The van der Waals surface area contributed by atoms with Gasteiger partial charge in [-0.3, -0.25) is 4.79 Å². The van der Waals surface area contributed by atoms with Crippen LogP contribution in [0.25, 0.3) is 0 Å². The fourth-order valence-electron chi connectivity index (χ4n) is 6.82. The number of carbonyl (C=O) groups excluding carboxylic acids is 1. The molecule has 1 N–H and O–H groups in total. The van der Waals surface area contributed by atoms with Gasteiger partial charge in [-0.1, -0.05) is 25.5 Å². The van der Waals surface area contributed by atoms with E-state index in [-0.39, 0.29) is 22.7 Å². The Balaban J connectivity index is 1.71. The van der Waals surface area contributed by atoms with E-state index in [0.29, 0.717) is 24.2 Å². The van der Waals surface area contributed by atoms with Crippen LogP contribution in [0.3, 0.4) is 0 Å². The van der Waals surface area contributed by atoms with Crippen LogP contribution < -0.4 is 0 Å². The minimum absolute atomic E-state index is 0.0347. The summed E-state index contributed by atoms with van der Waals surface area (Å²) in [5.74, 6) is 0.961. The van der Waals surface area contributed by atoms with Crippen LogP contribution in [0, 0.1) is 34.5 Å². The highest BCUT2D eigenvalue weighted by Gasteiger charge is 2.59. The SMILES string of the molecule is [2H]C1([2H])C[C@H]2[C@@H]3CC=C4C[C@@H](O)CC[C@]4(C)[C@H]3CC[C@]2(C)[C@H]1C(C)=O. The van der Waals surface area contributed by atoms with Gasteiger partial charge in [0.15, 0.2) is 0 Å². The van der Waals surface area contributed by atoms with Crippen molar-refractivity contribution in [2.24, 2.45) is 34.5 Å². The third kappa shape index (κ3) is 2.13. The van der Waals surface area contributed by atoms with Gasteiger partial charge in [0.05, 0.1) is 6.10 Å². The first-order chi connectivity index (χ1) is 11.6. The number of Topliss-reactive ketones (excluding diaryl/α,β-unsaturated/α-hetero) is 1. The van der Waals surface area contributed by atoms with Crippen LogP contribution >= 0.6 is 0 Å². The van der Waals surface area contributed by atoms with Crippen LogP contribution in [-0.4, -0.2) is 17.0 Å². The van der Waals surface area contributed by atoms with Crippen LogP contribution in [0.4, 0.5) is 0 Å². The van der Waals surface area contributed by atoms with Crippen molar-refractivity contribution in [3.8, 4) is 0 Å². The van der Waals surface area contributed by atoms with Crippen LogP contribution in [0.5, 0.6) is 0 Å². The Labute approximate surface area is 143 Å². The molecule has 2 nitrogen and oxygen atoms in total. The summed E-state index contributed by atoms with van der Waals surface area (Å²) in [7, 11) is 0. The molecule has 0 amide bonds. The topological polar surface area (TPSA) is 37.3 Å². The van der Waals surface area contributed by atoms with Gasteiger partial charge in [-0.05, 0) is 86.8 Å². The zero-order valence-corrected chi connectivity index (χ0v) is 14.8. The van der Waals surface area contributed by atoms with Gasteiger partial charge in [-0.15, -0.1) is 0 Å². The first-order valence-electron chi connectivity index (χ1n) is 10.5. The van der Waals surface area contributed by atoms with E-state index < -0.39 is 12.3 Å². The molecule has 0 spiro atoms. The lowest BCUT2D eigenvalue weighted by Gasteiger charge is -2.57. The Kier molecular flexibility index (Phi) is 3.07. The highest BCUT2D eigenvalue weighted by atomic mass is 16.3. The summed E-state index contributed by atoms with van der Waals surface area (Å²) in [6.07, 6.45) is 7.17. The average molecular weight is 318 g/mol. The maximum absolute atomic E-state index is 12.3. The number of carbonyl (C=O) groups is 1. The number of rotatable bonds is 1. The van der Waals surface area contributed by atoms with Gasteiger partial charge in [0.25, 0.3) is 0 Å². The normalized spacial score (nSPS) is 55.7. The Hall–Kier alpha value is -0.630. The molecule has 0 aromatic carbocycles. The lowest BCUT2D eigenvalue weighted by molar-refractivity contribution is -0.127. The monoisotopic (exact) mass is 318 g/mol. The standard InChI is InChI=1S/C21H32O2/c1-13(22)17-6-7-18-16-5-4-14-12-15(23)8-10-20(14,2)19(16)9-11-21(17,18)3/h4,15-19,23H,5-12H2,1-3H3/t15-,16-,17+,18-,19-,20-,21+/m0/s1/i6D2. The van der Waals surface area contributed by atoms with Gasteiger partial charge in [0, 0.05) is 8.66 Å². The van der Waals surface area contributed by atoms with E-state index >= 15 is 0 Å². The number of aliphatic hydroxyl groups is 1. The molecular formula is C21H32O2. The molecule has 128 valence electrons. The summed E-state index contributed by atoms with van der Waals surface area (Å²) < 4.78 is 17.1. The van der Waals surface area contributed by atoms with Crippen LogP contribution in [0.1, 0.15) is 74.8 Å². The highest BCUT2D eigenvalue weighted by molar-refractivity contribution is 5.79. The second-order valence-corrected chi connectivity index (χ2v) is 9.15. The van der Waals surface area contributed by atoms with Gasteiger partial charge in [0.2, 0.25) is 0 Å². The zero-order valence-electron chi connectivity index (χ0n) is 16.8. The number of aliphatic hydroxyl groups excluding tert-OH is 1. The third-order valence-corrected chi connectivity index (χ3v) is 8.12. The van der Waals surface area contributed by atoms with Crippen molar-refractivity contribution in [2.75, 3.05) is 0 Å². The first-order valence-corrected chi connectivity index (χ1v) is 9.47. The summed E-state index contributed by atoms with van der Waals surface area (Å²) in [5.41, 5.74) is 1.43. The van der Waals surface area contributed by atoms with E-state index in [2.05, 4.69) is 19.9 Å². The van der Waals surface area contributed by atoms with Gasteiger partial charge >= 0.3 is 0 Å². The van der Waals surface area contributed by atoms with Crippen molar-refractivity contribution >= 4 is 5.78 Å². The Morgan fingerprint density at radius 3 is 2.78 bits per heavy atom. The molecule has 4 aliphatic rings. The van der Waals surface area contributed by atoms with E-state index in [9.17, 15) is 9.90 Å². The molecule has 0 unspecified atom stereocenters. The molecule has 0 aromatic rings. The molecule has 4 rings (SSSR count). The Morgan fingerprint density at radius 2 is 2.04 bits per heavy atom. The smallest absolute Gasteiger partial charge is 0.133 e. The number of ketones is 1. The van der Waals surface area contributed by atoms with Crippen molar-refractivity contribution < 1.29 is 12.6 Å². The molecule has 4 aliphatic carbocycles. The van der Waals surface area contributed by atoms with Crippen LogP contribution in [0.15, 0.2) is 11.6 Å². The van der Waals surface area contributed by atoms with Crippen molar-refractivity contribution in [1.82, 2.24) is 0 Å². The van der Waals surface area contributed by atoms with E-state index in [1.807, 2.05) is 0 Å². The molecule has 0 heterocycles. The van der Waals surface area contributed by atoms with Crippen LogP contribution in [0.2, 0.25) is 0 Å². The number of fused-ring (bicyclic) bond motifs is 5. The lowest BCUT2D eigenvalue weighted by atomic mass is 9.47. The number of allylic oxidation sites excluding steroid dienone is 1. The zero-order chi connectivity index (χ0) is 18.2. The predicted molar refractivity (Wildman–Crippen MR) is 91.9 cm³/mol. The molecule has 3 fully saturated rings. The second-order valence-electron chi connectivity index (χ2n) is 9.15. The molecule has 0 aromatic heterocycles. The molecule has 3 saturated carbocycles. The largest absolute Gasteiger partial charge is 0.393 e. The number of hydrogen-bond donors (Lipinski definition) is 1. The Bertz CT molecular complexity index is 627. The summed E-state index contributed by atoms with van der Waals surface area (Å²) >= 11 is 0. The third-order valence-electron chi connectivity index (χ3n) is 8.12. The maximum Gasteiger partial charge on any atom is 0.133 e. The average Bonchev–Trinajstić information content (AvgIpc) is 2.73. The van der Waals surface area contributed by atoms with E-state index in [4.69, 9.17) is 2.74 Å². The van der Waals surface area contributed by atoms with Gasteiger partial charge in [0.1, 0.15) is 5.78 Å². The van der Waals surface area contributed by atoms with E-state index in [1.54, 1.807) is 6.92 Å². The number of hydrogen-bond acceptors (Lipinski definition) is 2. The summed E-state index contributed by atoms with van der Waals surface area (Å²) in [6, 6.07) is 0. The van der Waals surface area contributed by atoms with Gasteiger partial charge < -0.3 is 5.11 Å². The Morgan fingerprint density at radius 1 is 1.26 bits per heavy atom. The summed E-state index contributed by atoms with van der Waals surface area (Å²) in [5, 5.41) is 10.1. The molecular weight excluding hydrogens is 284 g/mol. The van der Waals surface area contributed by atoms with Crippen molar-refractivity contribution in [3.05, 3.63) is 11.6 Å².